The molecule has 0 spiro atoms. The lowest BCUT2D eigenvalue weighted by Crippen LogP contribution is -2.15. The van der Waals surface area contributed by atoms with Crippen molar-refractivity contribution in [1.29, 1.82) is 0 Å². The maximum Gasteiger partial charge on any atom is 0.255 e. The van der Waals surface area contributed by atoms with Crippen molar-refractivity contribution in [3.05, 3.63) is 108 Å². The number of carbonyl (C=O) groups is 1. The van der Waals surface area contributed by atoms with Gasteiger partial charge in [-0.2, -0.15) is 15.0 Å². The van der Waals surface area contributed by atoms with Crippen LogP contribution in [0.15, 0.2) is 91.3 Å². The Balaban J connectivity index is 1.30. The first kappa shape index (κ1) is 29.3. The van der Waals surface area contributed by atoms with Crippen LogP contribution in [0.5, 0.6) is 5.75 Å². The first-order chi connectivity index (χ1) is 20.7. The van der Waals surface area contributed by atoms with Crippen molar-refractivity contribution in [3.63, 3.8) is 0 Å². The van der Waals surface area contributed by atoms with Crippen LogP contribution < -0.4 is 21.1 Å². The van der Waals surface area contributed by atoms with E-state index in [0.29, 0.717) is 29.0 Å². The topological polar surface area (TPSA) is 140 Å². The highest BCUT2D eigenvalue weighted by atomic mass is 16.5. The molecule has 5 aromatic rings. The number of nitrogen functional groups attached to an aromatic ring is 1. The monoisotopic (exact) mass is 577 g/mol. The zero-order valence-corrected chi connectivity index (χ0v) is 24.4. The summed E-state index contributed by atoms with van der Waals surface area (Å²) in [5.41, 5.74) is 9.82. The van der Waals surface area contributed by atoms with Gasteiger partial charge in [0.1, 0.15) is 12.4 Å². The molecule has 5 N–H and O–H groups in total. The van der Waals surface area contributed by atoms with Gasteiger partial charge in [-0.1, -0.05) is 45.0 Å². The summed E-state index contributed by atoms with van der Waals surface area (Å²) < 4.78 is 7.88. The average Bonchev–Trinajstić information content (AvgIpc) is 3.51. The van der Waals surface area contributed by atoms with Gasteiger partial charge in [0.2, 0.25) is 11.9 Å². The molecule has 10 heteroatoms. The first-order valence-electron chi connectivity index (χ1n) is 14.0. The fourth-order valence-electron chi connectivity index (χ4n) is 4.52. The van der Waals surface area contributed by atoms with Gasteiger partial charge in [-0.3, -0.25) is 4.79 Å². The Bertz CT molecular complexity index is 1680. The molecule has 0 unspecified atom stereocenters. The van der Waals surface area contributed by atoms with Crippen LogP contribution >= 0.6 is 0 Å². The molecule has 220 valence electrons. The van der Waals surface area contributed by atoms with E-state index in [2.05, 4.69) is 50.9 Å². The van der Waals surface area contributed by atoms with Crippen LogP contribution in [0.25, 0.3) is 11.4 Å². The number of carbonyl (C=O) groups excluding carboxylic acids is 1. The Morgan fingerprint density at radius 2 is 1.65 bits per heavy atom. The third kappa shape index (κ3) is 7.35. The molecular formula is C33H35N7O3. The number of hydrogen-bond acceptors (Lipinski definition) is 8. The normalized spacial score (nSPS) is 11.3. The van der Waals surface area contributed by atoms with Gasteiger partial charge >= 0.3 is 0 Å². The Morgan fingerprint density at radius 3 is 2.33 bits per heavy atom. The van der Waals surface area contributed by atoms with Crippen LogP contribution in [0.3, 0.4) is 0 Å². The van der Waals surface area contributed by atoms with Crippen LogP contribution in [-0.2, 0) is 18.6 Å². The zero-order chi connectivity index (χ0) is 30.4. The van der Waals surface area contributed by atoms with Crippen LogP contribution in [-0.4, -0.2) is 37.1 Å². The predicted octanol–water partition coefficient (Wildman–Crippen LogP) is 5.79. The first-order valence-corrected chi connectivity index (χ1v) is 14.0. The molecule has 5 rings (SSSR count). The number of aromatic nitrogens is 4. The van der Waals surface area contributed by atoms with Crippen molar-refractivity contribution in [2.75, 3.05) is 23.0 Å². The van der Waals surface area contributed by atoms with Crippen molar-refractivity contribution < 1.29 is 14.6 Å². The highest BCUT2D eigenvalue weighted by Gasteiger charge is 2.18. The smallest absolute Gasteiger partial charge is 0.255 e. The Kier molecular flexibility index (Phi) is 8.68. The number of hydrogen-bond donors (Lipinski definition) is 4. The molecule has 0 saturated heterocycles. The molecular weight excluding hydrogens is 542 g/mol. The third-order valence-electron chi connectivity index (χ3n) is 6.88. The number of nitrogens with zero attached hydrogens (tertiary/aromatic N) is 4. The van der Waals surface area contributed by atoms with Gasteiger partial charge in [-0.05, 0) is 65.6 Å². The third-order valence-corrected chi connectivity index (χ3v) is 6.88. The molecule has 0 atom stereocenters. The number of anilines is 4. The van der Waals surface area contributed by atoms with Crippen LogP contribution in [0.1, 0.15) is 42.3 Å². The van der Waals surface area contributed by atoms with Crippen LogP contribution in [0.4, 0.5) is 23.3 Å². The molecule has 0 radical (unpaired) electrons. The SMILES string of the molecule is CC(C)(C)c1ccc(C(=O)Nc2cccc(-c3nc(N)nc(Nc4ccc(OCCn5cccc5)cc4)n3)c2CO)cc1. The minimum Gasteiger partial charge on any atom is -0.492 e. The Morgan fingerprint density at radius 1 is 0.930 bits per heavy atom. The number of nitrogens with one attached hydrogen (secondary N) is 2. The molecule has 0 aliphatic heterocycles. The average molecular weight is 578 g/mol. The van der Waals surface area contributed by atoms with Gasteiger partial charge in [-0.15, -0.1) is 0 Å². The lowest BCUT2D eigenvalue weighted by Gasteiger charge is -2.19. The highest BCUT2D eigenvalue weighted by molar-refractivity contribution is 6.05. The van der Waals surface area contributed by atoms with Gasteiger partial charge in [-0.25, -0.2) is 0 Å². The number of amides is 1. The Labute approximate surface area is 250 Å². The second kappa shape index (κ2) is 12.7. The second-order valence-corrected chi connectivity index (χ2v) is 11.0. The summed E-state index contributed by atoms with van der Waals surface area (Å²) in [7, 11) is 0. The summed E-state index contributed by atoms with van der Waals surface area (Å²) in [5.74, 6) is 0.956. The van der Waals surface area contributed by atoms with Crippen molar-refractivity contribution >= 4 is 29.2 Å². The fourth-order valence-corrected chi connectivity index (χ4v) is 4.52. The Hall–Kier alpha value is -5.22. The number of rotatable bonds is 10. The second-order valence-electron chi connectivity index (χ2n) is 11.0. The van der Waals surface area contributed by atoms with E-state index in [1.165, 1.54) is 0 Å². The molecule has 0 aliphatic rings. The van der Waals surface area contributed by atoms with E-state index in [9.17, 15) is 9.90 Å². The van der Waals surface area contributed by atoms with E-state index in [0.717, 1.165) is 23.5 Å². The molecule has 2 heterocycles. The van der Waals surface area contributed by atoms with E-state index in [1.54, 1.807) is 30.3 Å². The number of ether oxygens (including phenoxy) is 1. The summed E-state index contributed by atoms with van der Waals surface area (Å²) in [6.07, 6.45) is 3.99. The minimum atomic E-state index is -0.352. The minimum absolute atomic E-state index is 0.00901. The maximum absolute atomic E-state index is 13.1. The summed E-state index contributed by atoms with van der Waals surface area (Å²) in [6.45, 7) is 7.31. The van der Waals surface area contributed by atoms with E-state index in [1.807, 2.05) is 60.9 Å². The van der Waals surface area contributed by atoms with Gasteiger partial charge in [0.25, 0.3) is 5.91 Å². The predicted molar refractivity (Wildman–Crippen MR) is 168 cm³/mol. The van der Waals surface area contributed by atoms with Crippen LogP contribution in [0, 0.1) is 0 Å². The maximum atomic E-state index is 13.1. The zero-order valence-electron chi connectivity index (χ0n) is 24.4. The molecule has 1 amide bonds. The summed E-state index contributed by atoms with van der Waals surface area (Å²) in [4.78, 5) is 26.1. The summed E-state index contributed by atoms with van der Waals surface area (Å²) >= 11 is 0. The number of nitrogens with two attached hydrogens (primary N) is 1. The van der Waals surface area contributed by atoms with E-state index in [-0.39, 0.29) is 35.7 Å². The lowest BCUT2D eigenvalue weighted by atomic mass is 9.86. The van der Waals surface area contributed by atoms with E-state index in [4.69, 9.17) is 10.5 Å². The standard InChI is InChI=1S/C33H35N7O3/c1-33(2,3)23-11-9-22(10-12-23)30(42)36-28-8-6-7-26(27(28)21-41)29-37-31(34)39-32(38-29)35-24-13-15-25(16-14-24)43-20-19-40-17-4-5-18-40/h4-18,41H,19-21H2,1-3H3,(H,36,42)(H3,34,35,37,38,39). The molecule has 2 aromatic heterocycles. The molecule has 0 fully saturated rings. The number of aliphatic hydroxyl groups excluding tert-OH is 1. The van der Waals surface area contributed by atoms with Gasteiger partial charge in [0.05, 0.1) is 13.2 Å². The van der Waals surface area contributed by atoms with E-state index >= 15 is 0 Å². The number of aliphatic hydroxyl groups is 1. The quantitative estimate of drug-likeness (QED) is 0.164. The number of benzene rings is 3. The lowest BCUT2D eigenvalue weighted by molar-refractivity contribution is 0.102. The molecule has 0 aliphatic carbocycles. The summed E-state index contributed by atoms with van der Waals surface area (Å²) in [6, 6.07) is 24.1. The molecule has 0 bridgehead atoms. The summed E-state index contributed by atoms with van der Waals surface area (Å²) in [5, 5.41) is 16.4. The fraction of sp³-hybridized carbons (Fsp3) is 0.212. The van der Waals surface area contributed by atoms with Crippen LogP contribution in [0.2, 0.25) is 0 Å². The van der Waals surface area contributed by atoms with Crippen molar-refractivity contribution in [3.8, 4) is 17.1 Å². The van der Waals surface area contributed by atoms with Gasteiger partial charge < -0.3 is 30.8 Å². The van der Waals surface area contributed by atoms with Crippen molar-refractivity contribution in [2.45, 2.75) is 39.3 Å². The van der Waals surface area contributed by atoms with E-state index < -0.39 is 0 Å². The molecule has 10 nitrogen and oxygen atoms in total. The van der Waals surface area contributed by atoms with Crippen molar-refractivity contribution in [1.82, 2.24) is 19.5 Å². The van der Waals surface area contributed by atoms with Gasteiger partial charge in [0.15, 0.2) is 5.82 Å². The van der Waals surface area contributed by atoms with Crippen molar-refractivity contribution in [2.24, 2.45) is 0 Å². The molecule has 43 heavy (non-hydrogen) atoms. The largest absolute Gasteiger partial charge is 0.492 e. The van der Waals surface area contributed by atoms with Gasteiger partial charge in [0, 0.05) is 40.5 Å². The molecule has 0 saturated carbocycles. The highest BCUT2D eigenvalue weighted by Crippen LogP contribution is 2.30. The molecule has 3 aromatic carbocycles.